The molecule has 7 nitrogen and oxygen atoms in total. The summed E-state index contributed by atoms with van der Waals surface area (Å²) in [5.74, 6) is -0.809. The second-order valence-electron chi connectivity index (χ2n) is 8.87. The van der Waals surface area contributed by atoms with Gasteiger partial charge in [0.15, 0.2) is 0 Å². The summed E-state index contributed by atoms with van der Waals surface area (Å²) in [6, 6.07) is 11.8. The molecule has 2 amide bonds. The minimum absolute atomic E-state index is 0.158. The number of halogens is 1. The second kappa shape index (κ2) is 12.3. The number of carbonyl (C=O) groups excluding carboxylic acids is 2. The maximum absolute atomic E-state index is 13.3. The first kappa shape index (κ1) is 26.8. The van der Waals surface area contributed by atoms with Crippen LogP contribution in [-0.2, 0) is 32.6 Å². The number of rotatable bonds is 11. The molecule has 1 saturated heterocycles. The molecule has 9 heteroatoms. The number of hydrogen-bond acceptors (Lipinski definition) is 4. The van der Waals surface area contributed by atoms with Crippen LogP contribution in [-0.4, -0.2) is 55.1 Å². The van der Waals surface area contributed by atoms with Crippen LogP contribution in [0.15, 0.2) is 53.4 Å². The summed E-state index contributed by atoms with van der Waals surface area (Å²) in [5.41, 5.74) is 1.56. The van der Waals surface area contributed by atoms with E-state index in [1.165, 1.54) is 21.3 Å². The molecule has 1 aliphatic rings. The molecule has 3 rings (SSSR count). The zero-order valence-electron chi connectivity index (χ0n) is 20.4. The van der Waals surface area contributed by atoms with Gasteiger partial charge in [0.05, 0.1) is 4.90 Å². The van der Waals surface area contributed by atoms with Crippen molar-refractivity contribution in [2.75, 3.05) is 19.6 Å². The highest BCUT2D eigenvalue weighted by atomic mass is 32.2. The molecule has 1 heterocycles. The minimum Gasteiger partial charge on any atom is -0.354 e. The van der Waals surface area contributed by atoms with Crippen LogP contribution >= 0.6 is 0 Å². The van der Waals surface area contributed by atoms with Crippen molar-refractivity contribution < 1.29 is 22.4 Å². The Morgan fingerprint density at radius 1 is 1.03 bits per heavy atom. The predicted molar refractivity (Wildman–Crippen MR) is 132 cm³/mol. The number of nitrogens with one attached hydrogen (secondary N) is 1. The van der Waals surface area contributed by atoms with Crippen molar-refractivity contribution in [2.24, 2.45) is 0 Å². The van der Waals surface area contributed by atoms with Crippen LogP contribution in [0, 0.1) is 5.82 Å². The van der Waals surface area contributed by atoms with E-state index in [1.54, 1.807) is 43.3 Å². The van der Waals surface area contributed by atoms with Gasteiger partial charge in [-0.15, -0.1) is 0 Å². The Morgan fingerprint density at radius 2 is 1.63 bits per heavy atom. The molecule has 0 unspecified atom stereocenters. The average molecular weight is 504 g/mol. The molecule has 0 radical (unpaired) electrons. The Labute approximate surface area is 207 Å². The van der Waals surface area contributed by atoms with Gasteiger partial charge in [0, 0.05) is 32.6 Å². The van der Waals surface area contributed by atoms with Gasteiger partial charge >= 0.3 is 0 Å². The molecule has 1 N–H and O–H groups in total. The van der Waals surface area contributed by atoms with E-state index in [0.717, 1.165) is 30.4 Å². The fraction of sp³-hybridized carbons (Fsp3) is 0.462. The third-order valence-corrected chi connectivity index (χ3v) is 8.15. The topological polar surface area (TPSA) is 86.8 Å². The van der Waals surface area contributed by atoms with Crippen LogP contribution in [0.3, 0.4) is 0 Å². The molecule has 0 saturated carbocycles. The fourth-order valence-electron chi connectivity index (χ4n) is 4.07. The maximum Gasteiger partial charge on any atom is 0.243 e. The Hall–Kier alpha value is -2.78. The molecule has 1 fully saturated rings. The molecule has 0 bridgehead atoms. The fourth-order valence-corrected chi connectivity index (χ4v) is 5.58. The molecule has 0 spiro atoms. The summed E-state index contributed by atoms with van der Waals surface area (Å²) in [6.45, 7) is 5.44. The van der Waals surface area contributed by atoms with Crippen molar-refractivity contribution in [3.05, 3.63) is 65.5 Å². The SMILES string of the molecule is CCCNC(=O)[C@@H](C)N(Cc1ccc(F)cc1)C(=O)CCc1ccc(S(=O)(=O)N2CCCC2)cc1. The Morgan fingerprint density at radius 3 is 2.23 bits per heavy atom. The summed E-state index contributed by atoms with van der Waals surface area (Å²) in [7, 11) is -3.48. The first-order valence-corrected chi connectivity index (χ1v) is 13.6. The Kier molecular flexibility index (Phi) is 9.40. The van der Waals surface area contributed by atoms with Crippen LogP contribution in [0.1, 0.15) is 50.7 Å². The molecule has 2 aromatic rings. The van der Waals surface area contributed by atoms with Crippen LogP contribution in [0.4, 0.5) is 4.39 Å². The van der Waals surface area contributed by atoms with Gasteiger partial charge in [-0.1, -0.05) is 31.2 Å². The lowest BCUT2D eigenvalue weighted by molar-refractivity contribution is -0.140. The number of hydrogen-bond donors (Lipinski definition) is 1. The van der Waals surface area contributed by atoms with E-state index in [2.05, 4.69) is 5.32 Å². The molecule has 1 atom stereocenters. The van der Waals surface area contributed by atoms with Crippen molar-refractivity contribution >= 4 is 21.8 Å². The molecular weight excluding hydrogens is 469 g/mol. The van der Waals surface area contributed by atoms with E-state index in [1.807, 2.05) is 6.92 Å². The zero-order valence-corrected chi connectivity index (χ0v) is 21.2. The predicted octanol–water partition coefficient (Wildman–Crippen LogP) is 3.49. The standard InChI is InChI=1S/C26H34FN3O4S/c1-3-16-28-26(32)20(2)30(19-22-6-11-23(27)12-7-22)25(31)15-10-21-8-13-24(14-9-21)35(33,34)29-17-4-5-18-29/h6-9,11-14,20H,3-5,10,15-19H2,1-2H3,(H,28,32)/t20-/m1/s1. The van der Waals surface area contributed by atoms with Gasteiger partial charge in [-0.2, -0.15) is 4.31 Å². The van der Waals surface area contributed by atoms with Gasteiger partial charge in [-0.05, 0) is 68.0 Å². The van der Waals surface area contributed by atoms with Crippen molar-refractivity contribution in [1.82, 2.24) is 14.5 Å². The maximum atomic E-state index is 13.3. The second-order valence-corrected chi connectivity index (χ2v) is 10.8. The molecule has 2 aromatic carbocycles. The molecule has 35 heavy (non-hydrogen) atoms. The summed E-state index contributed by atoms with van der Waals surface area (Å²) >= 11 is 0. The lowest BCUT2D eigenvalue weighted by atomic mass is 10.1. The van der Waals surface area contributed by atoms with E-state index in [-0.39, 0.29) is 35.5 Å². The van der Waals surface area contributed by atoms with Gasteiger partial charge in [0.1, 0.15) is 11.9 Å². The smallest absolute Gasteiger partial charge is 0.243 e. The number of aryl methyl sites for hydroxylation is 1. The van der Waals surface area contributed by atoms with Gasteiger partial charge in [0.25, 0.3) is 0 Å². The van der Waals surface area contributed by atoms with Crippen LogP contribution in [0.25, 0.3) is 0 Å². The largest absolute Gasteiger partial charge is 0.354 e. The normalized spacial score (nSPS) is 15.1. The lowest BCUT2D eigenvalue weighted by Crippen LogP contribution is -2.47. The average Bonchev–Trinajstić information content (AvgIpc) is 3.41. The zero-order chi connectivity index (χ0) is 25.4. The third kappa shape index (κ3) is 7.11. The summed E-state index contributed by atoms with van der Waals surface area (Å²) in [4.78, 5) is 27.5. The van der Waals surface area contributed by atoms with Gasteiger partial charge in [-0.25, -0.2) is 12.8 Å². The lowest BCUT2D eigenvalue weighted by Gasteiger charge is -2.29. The minimum atomic E-state index is -3.48. The summed E-state index contributed by atoms with van der Waals surface area (Å²) < 4.78 is 40.3. The van der Waals surface area contributed by atoms with Gasteiger partial charge in [-0.3, -0.25) is 9.59 Å². The number of nitrogens with zero attached hydrogens (tertiary/aromatic N) is 2. The van der Waals surface area contributed by atoms with Crippen LogP contribution in [0.2, 0.25) is 0 Å². The van der Waals surface area contributed by atoms with Gasteiger partial charge in [0.2, 0.25) is 21.8 Å². The molecule has 0 aromatic heterocycles. The van der Waals surface area contributed by atoms with E-state index >= 15 is 0 Å². The monoisotopic (exact) mass is 503 g/mol. The van der Waals surface area contributed by atoms with Crippen molar-refractivity contribution in [1.29, 1.82) is 0 Å². The van der Waals surface area contributed by atoms with Crippen LogP contribution in [0.5, 0.6) is 0 Å². The first-order chi connectivity index (χ1) is 16.7. The molecule has 0 aliphatic carbocycles. The Balaban J connectivity index is 1.68. The van der Waals surface area contributed by atoms with Gasteiger partial charge < -0.3 is 10.2 Å². The summed E-state index contributed by atoms with van der Waals surface area (Å²) in [6.07, 6.45) is 3.11. The number of carbonyl (C=O) groups is 2. The van der Waals surface area contributed by atoms with E-state index in [9.17, 15) is 22.4 Å². The van der Waals surface area contributed by atoms with E-state index < -0.39 is 16.1 Å². The molecule has 1 aliphatic heterocycles. The quantitative estimate of drug-likeness (QED) is 0.509. The number of benzene rings is 2. The van der Waals surface area contributed by atoms with Crippen LogP contribution < -0.4 is 5.32 Å². The first-order valence-electron chi connectivity index (χ1n) is 12.1. The highest BCUT2D eigenvalue weighted by molar-refractivity contribution is 7.89. The highest BCUT2D eigenvalue weighted by Crippen LogP contribution is 2.22. The van der Waals surface area contributed by atoms with Crippen molar-refractivity contribution in [2.45, 2.75) is 63.4 Å². The van der Waals surface area contributed by atoms with E-state index in [0.29, 0.717) is 26.1 Å². The third-order valence-electron chi connectivity index (χ3n) is 6.24. The van der Waals surface area contributed by atoms with E-state index in [4.69, 9.17) is 0 Å². The number of sulfonamides is 1. The number of amides is 2. The molecule has 190 valence electrons. The highest BCUT2D eigenvalue weighted by Gasteiger charge is 2.28. The molecular formula is C26H34FN3O4S. The van der Waals surface area contributed by atoms with Crippen molar-refractivity contribution in [3.8, 4) is 0 Å². The Bertz CT molecular complexity index is 1100. The van der Waals surface area contributed by atoms with Crippen molar-refractivity contribution in [3.63, 3.8) is 0 Å². The summed E-state index contributed by atoms with van der Waals surface area (Å²) in [5, 5.41) is 2.83.